The number of carboxylic acids is 1. The number of aliphatic carboxylic acids is 1. The monoisotopic (exact) mass is 207 g/mol. The maximum atomic E-state index is 11.1. The Labute approximate surface area is 77.9 Å². The summed E-state index contributed by atoms with van der Waals surface area (Å²) in [7, 11) is 0. The van der Waals surface area contributed by atoms with Crippen LogP contribution in [0.2, 0.25) is 0 Å². The van der Waals surface area contributed by atoms with Gasteiger partial charge in [0.25, 0.3) is 0 Å². The van der Waals surface area contributed by atoms with Crippen LogP contribution in [0, 0.1) is 0 Å². The predicted octanol–water partition coefficient (Wildman–Crippen LogP) is -0.0379. The van der Waals surface area contributed by atoms with Crippen molar-refractivity contribution in [1.82, 2.24) is 4.90 Å². The largest absolute Gasteiger partial charge is 0.480 e. The van der Waals surface area contributed by atoms with E-state index >= 15 is 0 Å². The molecule has 2 fully saturated rings. The highest BCUT2D eigenvalue weighted by Gasteiger charge is 2.56. The van der Waals surface area contributed by atoms with Crippen molar-refractivity contribution in [3.63, 3.8) is 0 Å². The minimum absolute atomic E-state index is 0.111. The highest BCUT2D eigenvalue weighted by atomic mass is 35.5. The van der Waals surface area contributed by atoms with Crippen LogP contribution in [0.5, 0.6) is 0 Å². The van der Waals surface area contributed by atoms with Crippen molar-refractivity contribution in [2.45, 2.75) is 16.8 Å². The number of hydrogen-bond acceptors (Lipinski definition) is 3. The molecule has 2 rings (SSSR count). The molecule has 2 aliphatic rings. The van der Waals surface area contributed by atoms with Crippen LogP contribution in [0.25, 0.3) is 0 Å². The smallest absolute Gasteiger partial charge is 0.327 e. The van der Waals surface area contributed by atoms with Crippen molar-refractivity contribution < 1.29 is 14.7 Å². The molecule has 0 saturated carbocycles. The van der Waals surface area contributed by atoms with E-state index in [0.29, 0.717) is 5.75 Å². The van der Waals surface area contributed by atoms with Crippen LogP contribution < -0.4 is 0 Å². The second-order valence-electron chi connectivity index (χ2n) is 2.73. The maximum absolute atomic E-state index is 11.1. The van der Waals surface area contributed by atoms with Crippen LogP contribution in [0.4, 0.5) is 0 Å². The SMILES string of the molecule is O=C(O)C1CS[C@H]2[C@@H](Cl)C(=O)N12. The van der Waals surface area contributed by atoms with Gasteiger partial charge < -0.3 is 10.0 Å². The van der Waals surface area contributed by atoms with Crippen molar-refractivity contribution >= 4 is 35.2 Å². The van der Waals surface area contributed by atoms with Crippen LogP contribution in [0.15, 0.2) is 0 Å². The molecule has 66 valence electrons. The lowest BCUT2D eigenvalue weighted by Gasteiger charge is -2.39. The average Bonchev–Trinajstić information content (AvgIpc) is 2.43. The van der Waals surface area contributed by atoms with Gasteiger partial charge in [0, 0.05) is 5.75 Å². The predicted molar refractivity (Wildman–Crippen MR) is 44.2 cm³/mol. The summed E-state index contributed by atoms with van der Waals surface area (Å²) in [6, 6.07) is -0.664. The summed E-state index contributed by atoms with van der Waals surface area (Å²) in [5, 5.41) is 8.06. The molecule has 2 heterocycles. The Hall–Kier alpha value is -0.420. The molecule has 0 spiro atoms. The van der Waals surface area contributed by atoms with Gasteiger partial charge in [0.05, 0.1) is 0 Å². The van der Waals surface area contributed by atoms with E-state index in [1.54, 1.807) is 0 Å². The number of carbonyl (C=O) groups excluding carboxylic acids is 1. The number of carbonyl (C=O) groups is 2. The Morgan fingerprint density at radius 1 is 1.75 bits per heavy atom. The Morgan fingerprint density at radius 2 is 2.42 bits per heavy atom. The first-order chi connectivity index (χ1) is 5.63. The normalized spacial score (nSPS) is 39.2. The Bertz CT molecular complexity index is 259. The minimum atomic E-state index is -0.943. The quantitative estimate of drug-likeness (QED) is 0.484. The van der Waals surface area contributed by atoms with Crippen LogP contribution in [-0.2, 0) is 9.59 Å². The lowest BCUT2D eigenvalue weighted by atomic mass is 10.1. The third-order valence-corrected chi connectivity index (χ3v) is 3.98. The minimum Gasteiger partial charge on any atom is -0.480 e. The fourth-order valence-electron chi connectivity index (χ4n) is 1.40. The van der Waals surface area contributed by atoms with E-state index in [-0.39, 0.29) is 11.3 Å². The van der Waals surface area contributed by atoms with Gasteiger partial charge in [-0.1, -0.05) is 0 Å². The standard InChI is InChI=1S/C6H6ClNO3S/c7-3-4(9)8-2(6(10)11)1-12-5(3)8/h2-3,5H,1H2,(H,10,11)/t2?,3-,5-/m0/s1. The fraction of sp³-hybridized carbons (Fsp3) is 0.667. The summed E-state index contributed by atoms with van der Waals surface area (Å²) in [5.74, 6) is -0.740. The number of thioether (sulfide) groups is 1. The van der Waals surface area contributed by atoms with E-state index < -0.39 is 17.4 Å². The van der Waals surface area contributed by atoms with Gasteiger partial charge in [-0.2, -0.15) is 0 Å². The number of carboxylic acid groups (broad SMARTS) is 1. The van der Waals surface area contributed by atoms with Crippen LogP contribution >= 0.6 is 23.4 Å². The van der Waals surface area contributed by atoms with Crippen molar-refractivity contribution in [3.8, 4) is 0 Å². The Morgan fingerprint density at radius 3 is 3.00 bits per heavy atom. The number of β-lactam (4-membered cyclic amide) rings is 1. The Kier molecular flexibility index (Phi) is 1.73. The molecular weight excluding hydrogens is 202 g/mol. The fourth-order valence-corrected chi connectivity index (χ4v) is 3.24. The molecule has 1 unspecified atom stereocenters. The number of nitrogens with zero attached hydrogens (tertiary/aromatic N) is 1. The van der Waals surface area contributed by atoms with E-state index in [1.807, 2.05) is 0 Å². The van der Waals surface area contributed by atoms with Gasteiger partial charge >= 0.3 is 5.97 Å². The van der Waals surface area contributed by atoms with Gasteiger partial charge in [-0.3, -0.25) is 4.79 Å². The molecule has 0 bridgehead atoms. The number of rotatable bonds is 1. The maximum Gasteiger partial charge on any atom is 0.327 e. The first-order valence-electron chi connectivity index (χ1n) is 3.43. The van der Waals surface area contributed by atoms with Gasteiger partial charge in [0.15, 0.2) is 0 Å². The highest BCUT2D eigenvalue weighted by molar-refractivity contribution is 8.00. The molecule has 6 heteroatoms. The third-order valence-electron chi connectivity index (χ3n) is 2.06. The summed E-state index contributed by atoms with van der Waals surface area (Å²) >= 11 is 7.10. The molecule has 0 aliphatic carbocycles. The third kappa shape index (κ3) is 0.863. The summed E-state index contributed by atoms with van der Waals surface area (Å²) in [6.07, 6.45) is 0. The van der Waals surface area contributed by atoms with Crippen LogP contribution in [-0.4, -0.2) is 44.4 Å². The first kappa shape index (κ1) is 8.19. The van der Waals surface area contributed by atoms with Gasteiger partial charge in [0.2, 0.25) is 5.91 Å². The summed E-state index contributed by atoms with van der Waals surface area (Å²) in [6.45, 7) is 0. The van der Waals surface area contributed by atoms with Crippen LogP contribution in [0.3, 0.4) is 0 Å². The molecule has 0 aromatic rings. The van der Waals surface area contributed by atoms with E-state index in [4.69, 9.17) is 16.7 Å². The van der Waals surface area contributed by atoms with Gasteiger partial charge in [-0.25, -0.2) is 4.79 Å². The summed E-state index contributed by atoms with van der Waals surface area (Å²) in [4.78, 5) is 23.0. The lowest BCUT2D eigenvalue weighted by Crippen LogP contribution is -2.62. The van der Waals surface area contributed by atoms with Crippen molar-refractivity contribution in [2.75, 3.05) is 5.75 Å². The Balaban J connectivity index is 2.16. The second-order valence-corrected chi connectivity index (χ2v) is 4.35. The number of amides is 1. The van der Waals surface area contributed by atoms with Gasteiger partial charge in [-0.15, -0.1) is 23.4 Å². The van der Waals surface area contributed by atoms with Gasteiger partial charge in [0.1, 0.15) is 16.8 Å². The molecule has 4 nitrogen and oxygen atoms in total. The van der Waals surface area contributed by atoms with E-state index in [0.717, 1.165) is 0 Å². The van der Waals surface area contributed by atoms with Gasteiger partial charge in [-0.05, 0) is 0 Å². The topological polar surface area (TPSA) is 57.6 Å². The zero-order chi connectivity index (χ0) is 8.88. The molecule has 0 aromatic heterocycles. The van der Waals surface area contributed by atoms with E-state index in [9.17, 15) is 9.59 Å². The zero-order valence-electron chi connectivity index (χ0n) is 5.94. The molecular formula is C6H6ClNO3S. The number of alkyl halides is 1. The molecule has 2 aliphatic heterocycles. The molecule has 2 saturated heterocycles. The zero-order valence-corrected chi connectivity index (χ0v) is 7.51. The van der Waals surface area contributed by atoms with E-state index in [1.165, 1.54) is 16.7 Å². The van der Waals surface area contributed by atoms with E-state index in [2.05, 4.69) is 0 Å². The van der Waals surface area contributed by atoms with Crippen molar-refractivity contribution in [2.24, 2.45) is 0 Å². The van der Waals surface area contributed by atoms with Crippen molar-refractivity contribution in [3.05, 3.63) is 0 Å². The molecule has 0 radical (unpaired) electrons. The molecule has 1 amide bonds. The molecule has 1 N–H and O–H groups in total. The molecule has 12 heavy (non-hydrogen) atoms. The number of hydrogen-bond donors (Lipinski definition) is 1. The van der Waals surface area contributed by atoms with Crippen LogP contribution in [0.1, 0.15) is 0 Å². The second kappa shape index (κ2) is 2.53. The summed E-state index contributed by atoms with van der Waals surface area (Å²) < 4.78 is 0. The average molecular weight is 208 g/mol. The number of fused-ring (bicyclic) bond motifs is 1. The first-order valence-corrected chi connectivity index (χ1v) is 4.92. The van der Waals surface area contributed by atoms with Crippen molar-refractivity contribution in [1.29, 1.82) is 0 Å². The molecule has 3 atom stereocenters. The lowest BCUT2D eigenvalue weighted by molar-refractivity contribution is -0.154. The number of halogens is 1. The summed E-state index contributed by atoms with van der Waals surface area (Å²) in [5.41, 5.74) is 0. The molecule has 0 aromatic carbocycles. The highest BCUT2D eigenvalue weighted by Crippen LogP contribution is 2.42.